The molecule has 1 saturated heterocycles. The Morgan fingerprint density at radius 3 is 2.44 bits per heavy atom. The Balaban J connectivity index is 1.23. The first-order valence-electron chi connectivity index (χ1n) is 12.1. The van der Waals surface area contributed by atoms with Gasteiger partial charge in [0.1, 0.15) is 17.8 Å². The monoisotopic (exact) mass is 477 g/mol. The molecule has 5 heteroatoms. The smallest absolute Gasteiger partial charge is 0.126 e. The molecule has 34 heavy (non-hydrogen) atoms. The van der Waals surface area contributed by atoms with Crippen LogP contribution in [-0.4, -0.2) is 39.0 Å². The molecule has 3 aromatic carbocycles. The van der Waals surface area contributed by atoms with E-state index in [1.807, 2.05) is 6.07 Å². The highest BCUT2D eigenvalue weighted by Crippen LogP contribution is 2.33. The fourth-order valence-electron chi connectivity index (χ4n) is 4.30. The molecule has 1 N–H and O–H groups in total. The summed E-state index contributed by atoms with van der Waals surface area (Å²) in [6.07, 6.45) is 2.03. The van der Waals surface area contributed by atoms with Crippen LogP contribution in [0.15, 0.2) is 78.9 Å². The van der Waals surface area contributed by atoms with Gasteiger partial charge in [-0.2, -0.15) is 0 Å². The summed E-state index contributed by atoms with van der Waals surface area (Å²) in [6.45, 7) is 5.74. The largest absolute Gasteiger partial charge is 0.491 e. The van der Waals surface area contributed by atoms with E-state index in [0.29, 0.717) is 25.7 Å². The normalized spacial score (nSPS) is 19.0. The second-order valence-corrected chi connectivity index (χ2v) is 9.27. The summed E-state index contributed by atoms with van der Waals surface area (Å²) in [5.41, 5.74) is 4.66. The molecule has 0 aliphatic carbocycles. The Labute approximate surface area is 209 Å². The predicted molar refractivity (Wildman–Crippen MR) is 141 cm³/mol. The van der Waals surface area contributed by atoms with Crippen molar-refractivity contribution in [3.8, 4) is 5.75 Å². The highest BCUT2D eigenvalue weighted by atomic mass is 32.1. The highest BCUT2D eigenvalue weighted by Gasteiger charge is 2.29. The molecule has 180 valence electrons. The van der Waals surface area contributed by atoms with Gasteiger partial charge in [-0.15, -0.1) is 12.6 Å². The SMILES string of the molecule is Cc1ccc(C(S)OC2CNCCC2c2ccc(OCCOCCc3ccccc3)cc2)cc1. The summed E-state index contributed by atoms with van der Waals surface area (Å²) in [7, 11) is 0. The van der Waals surface area contributed by atoms with Gasteiger partial charge < -0.3 is 19.5 Å². The zero-order chi connectivity index (χ0) is 23.6. The van der Waals surface area contributed by atoms with Gasteiger partial charge in [0.25, 0.3) is 0 Å². The molecule has 0 bridgehead atoms. The number of thiol groups is 1. The fraction of sp³-hybridized carbons (Fsp3) is 0.379. The molecule has 1 aliphatic heterocycles. The van der Waals surface area contributed by atoms with Crippen LogP contribution >= 0.6 is 12.6 Å². The first-order chi connectivity index (χ1) is 16.7. The van der Waals surface area contributed by atoms with Crippen LogP contribution in [0.25, 0.3) is 0 Å². The van der Waals surface area contributed by atoms with Crippen molar-refractivity contribution in [1.29, 1.82) is 0 Å². The summed E-state index contributed by atoms with van der Waals surface area (Å²) >= 11 is 4.73. The number of aryl methyl sites for hydroxylation is 1. The summed E-state index contributed by atoms with van der Waals surface area (Å²) in [6, 6.07) is 27.2. The van der Waals surface area contributed by atoms with Gasteiger partial charge in [-0.25, -0.2) is 0 Å². The number of piperidine rings is 1. The molecular formula is C29H35NO3S. The van der Waals surface area contributed by atoms with Crippen molar-refractivity contribution in [3.63, 3.8) is 0 Å². The molecule has 0 spiro atoms. The lowest BCUT2D eigenvalue weighted by atomic mass is 9.87. The highest BCUT2D eigenvalue weighted by molar-refractivity contribution is 7.80. The lowest BCUT2D eigenvalue weighted by Gasteiger charge is -2.34. The van der Waals surface area contributed by atoms with Crippen molar-refractivity contribution in [2.75, 3.05) is 32.9 Å². The Bertz CT molecular complexity index is 979. The maximum absolute atomic E-state index is 6.40. The zero-order valence-electron chi connectivity index (χ0n) is 19.9. The van der Waals surface area contributed by atoms with E-state index in [-0.39, 0.29) is 11.5 Å². The third-order valence-corrected chi connectivity index (χ3v) is 6.70. The van der Waals surface area contributed by atoms with Crippen molar-refractivity contribution >= 4 is 12.6 Å². The van der Waals surface area contributed by atoms with Gasteiger partial charge in [-0.05, 0) is 55.1 Å². The molecule has 1 heterocycles. The molecular weight excluding hydrogens is 442 g/mol. The summed E-state index contributed by atoms with van der Waals surface area (Å²) < 4.78 is 18.0. The van der Waals surface area contributed by atoms with E-state index < -0.39 is 0 Å². The minimum absolute atomic E-state index is 0.0716. The summed E-state index contributed by atoms with van der Waals surface area (Å²) in [5.74, 6) is 1.20. The second kappa shape index (κ2) is 13.0. The number of hydrogen-bond acceptors (Lipinski definition) is 5. The van der Waals surface area contributed by atoms with Crippen molar-refractivity contribution in [2.24, 2.45) is 0 Å². The first kappa shape index (κ1) is 24.8. The molecule has 1 aliphatic rings. The number of nitrogens with one attached hydrogen (secondary N) is 1. The van der Waals surface area contributed by atoms with Crippen LogP contribution in [0.4, 0.5) is 0 Å². The van der Waals surface area contributed by atoms with Crippen LogP contribution in [0.5, 0.6) is 5.75 Å². The van der Waals surface area contributed by atoms with Gasteiger partial charge >= 0.3 is 0 Å². The molecule has 0 radical (unpaired) electrons. The van der Waals surface area contributed by atoms with Gasteiger partial charge in [0, 0.05) is 12.5 Å². The van der Waals surface area contributed by atoms with E-state index in [1.165, 1.54) is 16.7 Å². The quantitative estimate of drug-likeness (QED) is 0.210. The molecule has 4 nitrogen and oxygen atoms in total. The molecule has 0 aromatic heterocycles. The minimum Gasteiger partial charge on any atom is -0.491 e. The van der Waals surface area contributed by atoms with Gasteiger partial charge in [-0.1, -0.05) is 72.3 Å². The van der Waals surface area contributed by atoms with Gasteiger partial charge in [0.15, 0.2) is 0 Å². The minimum atomic E-state index is -0.238. The Hall–Kier alpha value is -2.31. The number of hydrogen-bond donors (Lipinski definition) is 2. The zero-order valence-corrected chi connectivity index (χ0v) is 20.8. The number of rotatable bonds is 11. The third kappa shape index (κ3) is 7.34. The van der Waals surface area contributed by atoms with Crippen molar-refractivity contribution in [3.05, 3.63) is 101 Å². The topological polar surface area (TPSA) is 39.7 Å². The summed E-state index contributed by atoms with van der Waals surface area (Å²) in [5, 5.41) is 3.47. The van der Waals surface area contributed by atoms with Crippen molar-refractivity contribution < 1.29 is 14.2 Å². The Morgan fingerprint density at radius 2 is 1.68 bits per heavy atom. The van der Waals surface area contributed by atoms with Crippen LogP contribution in [0.1, 0.15) is 40.0 Å². The lowest BCUT2D eigenvalue weighted by molar-refractivity contribution is 0.00640. The fourth-order valence-corrected chi connectivity index (χ4v) is 4.62. The molecule has 4 rings (SSSR count). The lowest BCUT2D eigenvalue weighted by Crippen LogP contribution is -2.41. The maximum atomic E-state index is 6.40. The van der Waals surface area contributed by atoms with Crippen LogP contribution in [0.2, 0.25) is 0 Å². The van der Waals surface area contributed by atoms with E-state index >= 15 is 0 Å². The Morgan fingerprint density at radius 1 is 0.912 bits per heavy atom. The van der Waals surface area contributed by atoms with Gasteiger partial charge in [0.2, 0.25) is 0 Å². The molecule has 1 fully saturated rings. The van der Waals surface area contributed by atoms with E-state index in [1.54, 1.807) is 0 Å². The average Bonchev–Trinajstić information content (AvgIpc) is 2.88. The summed E-state index contributed by atoms with van der Waals surface area (Å²) in [4.78, 5) is 0. The van der Waals surface area contributed by atoms with E-state index in [2.05, 4.69) is 85.0 Å². The molecule has 3 atom stereocenters. The third-order valence-electron chi connectivity index (χ3n) is 6.28. The van der Waals surface area contributed by atoms with Crippen molar-refractivity contribution in [2.45, 2.75) is 37.2 Å². The Kier molecular flexibility index (Phi) is 9.45. The van der Waals surface area contributed by atoms with E-state index in [0.717, 1.165) is 37.2 Å². The van der Waals surface area contributed by atoms with E-state index in [9.17, 15) is 0 Å². The molecule has 0 saturated carbocycles. The maximum Gasteiger partial charge on any atom is 0.126 e. The number of benzene rings is 3. The van der Waals surface area contributed by atoms with Crippen LogP contribution in [-0.2, 0) is 15.9 Å². The molecule has 3 unspecified atom stereocenters. The second-order valence-electron chi connectivity index (χ2n) is 8.80. The number of ether oxygens (including phenoxy) is 3. The average molecular weight is 478 g/mol. The standard InChI is InChI=1S/C29H35NO3S/c1-22-7-9-25(10-8-22)29(34)33-28-21-30-17-15-27(28)24-11-13-26(14-12-24)32-20-19-31-18-16-23-5-3-2-4-6-23/h2-14,27-30,34H,15-21H2,1H3. The molecule has 0 amide bonds. The van der Waals surface area contributed by atoms with Crippen LogP contribution in [0, 0.1) is 6.92 Å². The van der Waals surface area contributed by atoms with Crippen LogP contribution < -0.4 is 10.1 Å². The van der Waals surface area contributed by atoms with Gasteiger partial charge in [-0.3, -0.25) is 0 Å². The van der Waals surface area contributed by atoms with Crippen LogP contribution in [0.3, 0.4) is 0 Å². The molecule has 3 aromatic rings. The van der Waals surface area contributed by atoms with E-state index in [4.69, 9.17) is 26.8 Å². The van der Waals surface area contributed by atoms with Crippen molar-refractivity contribution in [1.82, 2.24) is 5.32 Å². The predicted octanol–water partition coefficient (Wildman–Crippen LogP) is 5.72. The van der Waals surface area contributed by atoms with Gasteiger partial charge in [0.05, 0.1) is 19.3 Å². The first-order valence-corrected chi connectivity index (χ1v) is 12.7.